The molecule has 0 spiro atoms. The second-order valence-electron chi connectivity index (χ2n) is 6.57. The summed E-state index contributed by atoms with van der Waals surface area (Å²) in [6.45, 7) is 3.58. The molecule has 0 amide bonds. The van der Waals surface area contributed by atoms with E-state index in [1.165, 1.54) is 31.6 Å². The summed E-state index contributed by atoms with van der Waals surface area (Å²) >= 11 is 5.36. The van der Waals surface area contributed by atoms with Gasteiger partial charge in [-0.15, -0.1) is 0 Å². The highest BCUT2D eigenvalue weighted by Gasteiger charge is 2.34. The number of hydrogen-bond donors (Lipinski definition) is 2. The fourth-order valence-corrected chi connectivity index (χ4v) is 3.56. The van der Waals surface area contributed by atoms with Gasteiger partial charge in [0.2, 0.25) is 0 Å². The van der Waals surface area contributed by atoms with Crippen LogP contribution in [0, 0.1) is 5.92 Å². The van der Waals surface area contributed by atoms with E-state index < -0.39 is 0 Å². The van der Waals surface area contributed by atoms with Crippen molar-refractivity contribution >= 4 is 29.2 Å². The van der Waals surface area contributed by atoms with E-state index in [9.17, 15) is 0 Å². The quantitative estimate of drug-likeness (QED) is 0.499. The van der Waals surface area contributed by atoms with Crippen molar-refractivity contribution in [2.24, 2.45) is 11.0 Å². The Morgan fingerprint density at radius 3 is 2.52 bits per heavy atom. The second-order valence-corrected chi connectivity index (χ2v) is 6.98. The van der Waals surface area contributed by atoms with Gasteiger partial charge in [0, 0.05) is 32.4 Å². The molecule has 0 aromatic heterocycles. The summed E-state index contributed by atoms with van der Waals surface area (Å²) in [6.07, 6.45) is 4.35. The van der Waals surface area contributed by atoms with Crippen molar-refractivity contribution in [1.82, 2.24) is 15.6 Å². The van der Waals surface area contributed by atoms with Gasteiger partial charge in [-0.1, -0.05) is 12.1 Å². The zero-order valence-electron chi connectivity index (χ0n) is 13.8. The minimum absolute atomic E-state index is 0.465. The standard InChI is InChI=1S/C17H25N5S/c1-21(2)15-5-3-13(4-6-15)11-18-20-17(23)19-16-12-22-9-7-14(16)8-10-22/h3-6,11,14,16H,7-10,12H2,1-2H3,(H2,19,20,23). The maximum Gasteiger partial charge on any atom is 0.187 e. The molecule has 3 aliphatic heterocycles. The first-order valence-corrected chi connectivity index (χ1v) is 8.62. The van der Waals surface area contributed by atoms with Gasteiger partial charge in [-0.2, -0.15) is 5.10 Å². The van der Waals surface area contributed by atoms with Crippen LogP contribution < -0.4 is 15.6 Å². The normalized spacial score (nSPS) is 26.3. The van der Waals surface area contributed by atoms with Crippen molar-refractivity contribution in [3.8, 4) is 0 Å². The predicted octanol–water partition coefficient (Wildman–Crippen LogP) is 1.64. The number of hydrogen-bond acceptors (Lipinski definition) is 4. The average molecular weight is 331 g/mol. The zero-order chi connectivity index (χ0) is 16.2. The third-order valence-corrected chi connectivity index (χ3v) is 4.97. The minimum atomic E-state index is 0.465. The maximum atomic E-state index is 5.36. The Labute approximate surface area is 143 Å². The number of hydrazone groups is 1. The third-order valence-electron chi connectivity index (χ3n) is 4.76. The first-order valence-electron chi connectivity index (χ1n) is 8.21. The van der Waals surface area contributed by atoms with Gasteiger partial charge in [-0.3, -0.25) is 5.43 Å². The largest absolute Gasteiger partial charge is 0.378 e. The number of nitrogens with zero attached hydrogens (tertiary/aromatic N) is 3. The van der Waals surface area contributed by atoms with Crippen LogP contribution in [-0.2, 0) is 0 Å². The maximum absolute atomic E-state index is 5.36. The first kappa shape index (κ1) is 16.2. The van der Waals surface area contributed by atoms with Gasteiger partial charge in [-0.25, -0.2) is 0 Å². The molecular formula is C17H25N5S. The Morgan fingerprint density at radius 1 is 1.26 bits per heavy atom. The Balaban J connectivity index is 1.47. The van der Waals surface area contributed by atoms with Crippen molar-refractivity contribution in [1.29, 1.82) is 0 Å². The van der Waals surface area contributed by atoms with Crippen LogP contribution in [0.5, 0.6) is 0 Å². The molecule has 1 aromatic carbocycles. The first-order chi connectivity index (χ1) is 11.1. The van der Waals surface area contributed by atoms with Gasteiger partial charge in [-0.05, 0) is 61.8 Å². The average Bonchev–Trinajstić information content (AvgIpc) is 2.56. The fourth-order valence-electron chi connectivity index (χ4n) is 3.35. The molecular weight excluding hydrogens is 306 g/mol. The number of anilines is 1. The summed E-state index contributed by atoms with van der Waals surface area (Å²) < 4.78 is 0. The molecule has 0 saturated carbocycles. The lowest BCUT2D eigenvalue weighted by molar-refractivity contribution is 0.0812. The van der Waals surface area contributed by atoms with Crippen molar-refractivity contribution in [2.75, 3.05) is 38.6 Å². The Hall–Kier alpha value is -1.66. The van der Waals surface area contributed by atoms with E-state index >= 15 is 0 Å². The van der Waals surface area contributed by atoms with Crippen molar-refractivity contribution in [3.63, 3.8) is 0 Å². The van der Waals surface area contributed by atoms with E-state index in [2.05, 4.69) is 37.8 Å². The molecule has 1 atom stereocenters. The van der Waals surface area contributed by atoms with Crippen molar-refractivity contribution < 1.29 is 0 Å². The zero-order valence-corrected chi connectivity index (χ0v) is 14.6. The van der Waals surface area contributed by atoms with E-state index in [0.29, 0.717) is 11.2 Å². The molecule has 2 N–H and O–H groups in total. The molecule has 1 unspecified atom stereocenters. The molecule has 3 heterocycles. The number of fused-ring (bicyclic) bond motifs is 3. The van der Waals surface area contributed by atoms with Crippen LogP contribution in [0.4, 0.5) is 5.69 Å². The van der Waals surface area contributed by atoms with E-state index in [0.717, 1.165) is 18.0 Å². The van der Waals surface area contributed by atoms with Crippen molar-refractivity contribution in [3.05, 3.63) is 29.8 Å². The number of piperidine rings is 3. The molecule has 3 fully saturated rings. The van der Waals surface area contributed by atoms with Crippen LogP contribution in [0.25, 0.3) is 0 Å². The van der Waals surface area contributed by atoms with E-state index in [1.54, 1.807) is 6.21 Å². The van der Waals surface area contributed by atoms with Gasteiger partial charge in [0.1, 0.15) is 0 Å². The van der Waals surface area contributed by atoms with Gasteiger partial charge < -0.3 is 15.1 Å². The molecule has 3 saturated heterocycles. The molecule has 1 aromatic rings. The summed E-state index contributed by atoms with van der Waals surface area (Å²) in [7, 11) is 4.06. The van der Waals surface area contributed by atoms with Gasteiger partial charge >= 0.3 is 0 Å². The highest BCUT2D eigenvalue weighted by atomic mass is 32.1. The van der Waals surface area contributed by atoms with Gasteiger partial charge in [0.05, 0.1) is 6.21 Å². The number of benzene rings is 1. The summed E-state index contributed by atoms with van der Waals surface area (Å²) in [5.41, 5.74) is 5.16. The van der Waals surface area contributed by atoms with Gasteiger partial charge in [0.25, 0.3) is 0 Å². The molecule has 5 nitrogen and oxygen atoms in total. The molecule has 3 aliphatic rings. The van der Waals surface area contributed by atoms with Crippen LogP contribution in [0.1, 0.15) is 18.4 Å². The molecule has 124 valence electrons. The lowest BCUT2D eigenvalue weighted by Gasteiger charge is -2.45. The molecule has 2 bridgehead atoms. The third kappa shape index (κ3) is 4.20. The molecule has 4 rings (SSSR count). The summed E-state index contributed by atoms with van der Waals surface area (Å²) in [5, 5.41) is 8.27. The van der Waals surface area contributed by atoms with E-state index in [1.807, 2.05) is 26.2 Å². The predicted molar refractivity (Wildman–Crippen MR) is 100 cm³/mol. The van der Waals surface area contributed by atoms with Crippen molar-refractivity contribution in [2.45, 2.75) is 18.9 Å². The number of nitrogens with one attached hydrogen (secondary N) is 2. The number of rotatable bonds is 4. The van der Waals surface area contributed by atoms with Crippen LogP contribution in [0.15, 0.2) is 29.4 Å². The molecule has 6 heteroatoms. The lowest BCUT2D eigenvalue weighted by atomic mass is 9.84. The lowest BCUT2D eigenvalue weighted by Crippen LogP contribution is -2.58. The summed E-state index contributed by atoms with van der Waals surface area (Å²) in [5.74, 6) is 0.752. The Kier molecular flexibility index (Phi) is 5.13. The van der Waals surface area contributed by atoms with Crippen LogP contribution in [-0.4, -0.2) is 56.0 Å². The minimum Gasteiger partial charge on any atom is -0.378 e. The summed E-state index contributed by atoms with van der Waals surface area (Å²) in [6, 6.07) is 8.71. The second kappa shape index (κ2) is 7.27. The summed E-state index contributed by atoms with van der Waals surface area (Å²) in [4.78, 5) is 4.59. The van der Waals surface area contributed by atoms with Crippen LogP contribution in [0.3, 0.4) is 0 Å². The molecule has 0 aliphatic carbocycles. The van der Waals surface area contributed by atoms with Gasteiger partial charge in [0.15, 0.2) is 5.11 Å². The van der Waals surface area contributed by atoms with E-state index in [-0.39, 0.29) is 0 Å². The topological polar surface area (TPSA) is 42.9 Å². The smallest absolute Gasteiger partial charge is 0.187 e. The monoisotopic (exact) mass is 331 g/mol. The number of thiocarbonyl (C=S) groups is 1. The highest BCUT2D eigenvalue weighted by molar-refractivity contribution is 7.80. The van der Waals surface area contributed by atoms with Crippen LogP contribution >= 0.6 is 12.2 Å². The molecule has 0 radical (unpaired) electrons. The molecule has 23 heavy (non-hydrogen) atoms. The van der Waals surface area contributed by atoms with Crippen LogP contribution in [0.2, 0.25) is 0 Å². The highest BCUT2D eigenvalue weighted by Crippen LogP contribution is 2.27. The Bertz CT molecular complexity index is 561. The Morgan fingerprint density at radius 2 is 1.96 bits per heavy atom. The fraction of sp³-hybridized carbons (Fsp3) is 0.529. The van der Waals surface area contributed by atoms with E-state index in [4.69, 9.17) is 12.2 Å². The SMILES string of the molecule is CN(C)c1ccc(C=NNC(=S)NC2CN3CCC2CC3)cc1.